The summed E-state index contributed by atoms with van der Waals surface area (Å²) >= 11 is 0. The van der Waals surface area contributed by atoms with Crippen LogP contribution >= 0.6 is 0 Å². The monoisotopic (exact) mass is 443 g/mol. The lowest BCUT2D eigenvalue weighted by Gasteiger charge is -2.17. The molecule has 0 bridgehead atoms. The molecule has 1 N–H and O–H groups in total. The van der Waals surface area contributed by atoms with Crippen molar-refractivity contribution in [2.75, 3.05) is 13.1 Å². The number of aryl methyl sites for hydroxylation is 1. The summed E-state index contributed by atoms with van der Waals surface area (Å²) in [5.74, 6) is 0.404. The molecule has 1 unspecified atom stereocenters. The molecule has 2 aliphatic rings. The highest BCUT2D eigenvalue weighted by Gasteiger charge is 2.35. The summed E-state index contributed by atoms with van der Waals surface area (Å²) < 4.78 is 1.87. The minimum Gasteiger partial charge on any atom is -0.350 e. The highest BCUT2D eigenvalue weighted by molar-refractivity contribution is 5.93. The zero-order chi connectivity index (χ0) is 22.8. The topological polar surface area (TPSA) is 80.1 Å². The lowest BCUT2D eigenvalue weighted by Crippen LogP contribution is -2.32. The summed E-state index contributed by atoms with van der Waals surface area (Å²) in [6.45, 7) is 4.40. The van der Waals surface area contributed by atoms with Gasteiger partial charge in [0, 0.05) is 37.9 Å². The first-order valence-electron chi connectivity index (χ1n) is 11.7. The van der Waals surface area contributed by atoms with Crippen molar-refractivity contribution in [3.05, 3.63) is 82.7 Å². The van der Waals surface area contributed by atoms with Gasteiger partial charge in [0.25, 0.3) is 5.91 Å². The van der Waals surface area contributed by atoms with Gasteiger partial charge in [0.1, 0.15) is 0 Å². The number of carbonyl (C=O) groups is 2. The Bertz CT molecular complexity index is 1140. The van der Waals surface area contributed by atoms with Crippen LogP contribution in [-0.4, -0.2) is 44.8 Å². The van der Waals surface area contributed by atoms with Crippen molar-refractivity contribution in [2.24, 2.45) is 5.92 Å². The number of rotatable bonds is 8. The van der Waals surface area contributed by atoms with Crippen molar-refractivity contribution in [1.82, 2.24) is 25.2 Å². The van der Waals surface area contributed by atoms with Gasteiger partial charge in [0.2, 0.25) is 5.91 Å². The lowest BCUT2D eigenvalue weighted by molar-refractivity contribution is -0.128. The van der Waals surface area contributed by atoms with Crippen LogP contribution in [0.15, 0.2) is 54.6 Å². The highest BCUT2D eigenvalue weighted by Crippen LogP contribution is 2.41. The van der Waals surface area contributed by atoms with Crippen LogP contribution in [0.2, 0.25) is 0 Å². The average molecular weight is 444 g/mol. The Balaban J connectivity index is 1.20. The summed E-state index contributed by atoms with van der Waals surface area (Å²) in [4.78, 5) is 27.3. The van der Waals surface area contributed by atoms with Crippen molar-refractivity contribution in [3.63, 3.8) is 0 Å². The molecule has 7 heteroatoms. The van der Waals surface area contributed by atoms with Crippen LogP contribution in [0, 0.1) is 12.8 Å². The van der Waals surface area contributed by atoms with E-state index in [0.717, 1.165) is 29.7 Å². The molecule has 1 aliphatic heterocycles. The van der Waals surface area contributed by atoms with Gasteiger partial charge in [0.15, 0.2) is 5.69 Å². The first-order chi connectivity index (χ1) is 16.1. The van der Waals surface area contributed by atoms with Gasteiger partial charge < -0.3 is 10.2 Å². The average Bonchev–Trinajstić information content (AvgIpc) is 3.48. The van der Waals surface area contributed by atoms with Crippen LogP contribution in [0.1, 0.15) is 58.1 Å². The second-order valence-electron chi connectivity index (χ2n) is 9.28. The normalized spacial score (nSPS) is 18.0. The summed E-state index contributed by atoms with van der Waals surface area (Å²) in [5, 5.41) is 11.5. The molecule has 170 valence electrons. The zero-order valence-corrected chi connectivity index (χ0v) is 18.9. The van der Waals surface area contributed by atoms with Gasteiger partial charge in [-0.15, -0.1) is 5.10 Å². The number of hydrogen-bond donors (Lipinski definition) is 1. The maximum absolute atomic E-state index is 13.0. The largest absolute Gasteiger partial charge is 0.350 e. The van der Waals surface area contributed by atoms with Gasteiger partial charge in [-0.3, -0.25) is 9.59 Å². The second-order valence-corrected chi connectivity index (χ2v) is 9.28. The molecule has 2 amide bonds. The van der Waals surface area contributed by atoms with E-state index in [1.165, 1.54) is 5.56 Å². The van der Waals surface area contributed by atoms with Gasteiger partial charge in [0.05, 0.1) is 12.2 Å². The Hall–Kier alpha value is -3.48. The first kappa shape index (κ1) is 21.4. The van der Waals surface area contributed by atoms with Crippen molar-refractivity contribution < 1.29 is 9.59 Å². The van der Waals surface area contributed by atoms with E-state index in [4.69, 9.17) is 0 Å². The zero-order valence-electron chi connectivity index (χ0n) is 18.9. The fraction of sp³-hybridized carbons (Fsp3) is 0.385. The number of aromatic nitrogens is 3. The summed E-state index contributed by atoms with van der Waals surface area (Å²) in [6, 6.07) is 18.4. The van der Waals surface area contributed by atoms with Crippen LogP contribution in [0.4, 0.5) is 0 Å². The predicted octanol–water partition coefficient (Wildman–Crippen LogP) is 3.29. The molecule has 7 nitrogen and oxygen atoms in total. The van der Waals surface area contributed by atoms with E-state index in [-0.39, 0.29) is 17.7 Å². The molecule has 1 aliphatic carbocycles. The smallest absolute Gasteiger partial charge is 0.273 e. The number of likely N-dealkylation sites (tertiary alicyclic amines) is 1. The Labute approximate surface area is 193 Å². The molecule has 2 aromatic carbocycles. The van der Waals surface area contributed by atoms with Crippen LogP contribution in [0.3, 0.4) is 0 Å². The Morgan fingerprint density at radius 3 is 2.48 bits per heavy atom. The fourth-order valence-electron chi connectivity index (χ4n) is 4.49. The number of nitrogens with zero attached hydrogens (tertiary/aromatic N) is 4. The fourth-order valence-corrected chi connectivity index (χ4v) is 4.49. The second kappa shape index (κ2) is 9.17. The van der Waals surface area contributed by atoms with Gasteiger partial charge in [-0.05, 0) is 30.9 Å². The molecular formula is C26H29N5O2. The molecule has 0 radical (unpaired) electrons. The molecule has 1 saturated heterocycles. The third-order valence-electron chi connectivity index (χ3n) is 6.47. The molecule has 0 spiro atoms. The van der Waals surface area contributed by atoms with Crippen LogP contribution in [0.25, 0.3) is 0 Å². The van der Waals surface area contributed by atoms with E-state index < -0.39 is 0 Å². The minimum absolute atomic E-state index is 0.107. The van der Waals surface area contributed by atoms with E-state index in [0.29, 0.717) is 44.2 Å². The number of amides is 2. The van der Waals surface area contributed by atoms with Gasteiger partial charge in [-0.1, -0.05) is 65.4 Å². The van der Waals surface area contributed by atoms with E-state index in [2.05, 4.69) is 59.0 Å². The van der Waals surface area contributed by atoms with E-state index in [1.807, 2.05) is 27.8 Å². The molecule has 2 fully saturated rings. The summed E-state index contributed by atoms with van der Waals surface area (Å²) in [7, 11) is 0. The SMILES string of the molecule is Cc1ccc(CN2CC(CNC(=O)c3nnn(Cc4ccccc4)c3C3CC3)CC2=O)cc1. The molecule has 33 heavy (non-hydrogen) atoms. The quantitative estimate of drug-likeness (QED) is 0.579. The number of benzene rings is 2. The summed E-state index contributed by atoms with van der Waals surface area (Å²) in [6.07, 6.45) is 2.59. The van der Waals surface area contributed by atoms with Crippen molar-refractivity contribution in [3.8, 4) is 0 Å². The highest BCUT2D eigenvalue weighted by atomic mass is 16.2. The maximum Gasteiger partial charge on any atom is 0.273 e. The predicted molar refractivity (Wildman–Crippen MR) is 125 cm³/mol. The van der Waals surface area contributed by atoms with Crippen molar-refractivity contribution in [1.29, 1.82) is 0 Å². The first-order valence-corrected chi connectivity index (χ1v) is 11.7. The third kappa shape index (κ3) is 4.97. The molecule has 1 aromatic heterocycles. The van der Waals surface area contributed by atoms with Crippen LogP contribution in [-0.2, 0) is 17.9 Å². The Kier molecular flexibility index (Phi) is 5.94. The maximum atomic E-state index is 13.0. The lowest BCUT2D eigenvalue weighted by atomic mass is 10.1. The number of hydrogen-bond acceptors (Lipinski definition) is 4. The third-order valence-corrected chi connectivity index (χ3v) is 6.47. The van der Waals surface area contributed by atoms with Crippen molar-refractivity contribution >= 4 is 11.8 Å². The Morgan fingerprint density at radius 1 is 1.03 bits per heavy atom. The molecule has 5 rings (SSSR count). The van der Waals surface area contributed by atoms with Gasteiger partial charge in [-0.25, -0.2) is 4.68 Å². The van der Waals surface area contributed by atoms with Crippen LogP contribution < -0.4 is 5.32 Å². The Morgan fingerprint density at radius 2 is 1.76 bits per heavy atom. The molecule has 1 saturated carbocycles. The number of carbonyl (C=O) groups excluding carboxylic acids is 2. The molecular weight excluding hydrogens is 414 g/mol. The summed E-state index contributed by atoms with van der Waals surface area (Å²) in [5.41, 5.74) is 4.82. The van der Waals surface area contributed by atoms with E-state index >= 15 is 0 Å². The minimum atomic E-state index is -0.194. The van der Waals surface area contributed by atoms with E-state index in [9.17, 15) is 9.59 Å². The van der Waals surface area contributed by atoms with Gasteiger partial charge >= 0.3 is 0 Å². The standard InChI is InChI=1S/C26H29N5O2/c1-18-7-9-20(10-8-18)15-30-16-21(13-23(30)32)14-27-26(33)24-25(22-11-12-22)31(29-28-24)17-19-5-3-2-4-6-19/h2-10,21-22H,11-17H2,1H3,(H,27,33). The number of nitrogens with one attached hydrogen (secondary N) is 1. The molecule has 3 aromatic rings. The van der Waals surface area contributed by atoms with Crippen molar-refractivity contribution in [2.45, 2.75) is 45.2 Å². The van der Waals surface area contributed by atoms with Gasteiger partial charge in [-0.2, -0.15) is 0 Å². The van der Waals surface area contributed by atoms with E-state index in [1.54, 1.807) is 0 Å². The molecule has 2 heterocycles. The molecule has 1 atom stereocenters. The van der Waals surface area contributed by atoms with Crippen LogP contribution in [0.5, 0.6) is 0 Å².